The summed E-state index contributed by atoms with van der Waals surface area (Å²) in [4.78, 5) is 87.7. The Hall–Kier alpha value is -3.03. The van der Waals surface area contributed by atoms with Crippen LogP contribution < -0.4 is 26.6 Å². The predicted molar refractivity (Wildman–Crippen MR) is 442 cm³/mol. The fraction of sp³-hybridized carbons (Fsp3) is 0.922. The van der Waals surface area contributed by atoms with Crippen molar-refractivity contribution in [3.8, 4) is 0 Å². The van der Waals surface area contributed by atoms with Crippen LogP contribution >= 0.6 is 0 Å². The maximum absolute atomic E-state index is 12.8. The number of hydrogen-bond acceptors (Lipinski definition) is 15. The van der Waals surface area contributed by atoms with Gasteiger partial charge in [0.2, 0.25) is 11.8 Å². The van der Waals surface area contributed by atoms with Crippen molar-refractivity contribution in [2.45, 2.75) is 422 Å². The first-order valence-electron chi connectivity index (χ1n) is 43.2. The van der Waals surface area contributed by atoms with Gasteiger partial charge in [0.1, 0.15) is 5.78 Å². The molecule has 4 aliphatic carbocycles. The van der Waals surface area contributed by atoms with Crippen molar-refractivity contribution in [2.24, 2.45) is 93.7 Å². The first-order valence-corrected chi connectivity index (χ1v) is 43.2. The molecule has 16 atom stereocenters. The van der Waals surface area contributed by atoms with E-state index >= 15 is 0 Å². The Kier molecular flexibility index (Phi) is 47.9. The minimum atomic E-state index is -0.859. The molecule has 2 amide bonds. The van der Waals surface area contributed by atoms with E-state index in [0.29, 0.717) is 95.7 Å². The van der Waals surface area contributed by atoms with Crippen LogP contribution in [-0.2, 0) is 57.2 Å². The molecule has 0 aliphatic heterocycles. The number of nitrogens with one attached hydrogen (secondary N) is 5. The number of rotatable bonds is 45. The number of carbonyl (C=O) groups excluding carboxylic acids is 7. The van der Waals surface area contributed by atoms with Crippen molar-refractivity contribution in [3.63, 3.8) is 0 Å². The van der Waals surface area contributed by atoms with Gasteiger partial charge in [0.25, 0.3) is 0 Å². The lowest BCUT2D eigenvalue weighted by atomic mass is 9.43. The first kappa shape index (κ1) is 102. The molecule has 5 N–H and O–H groups in total. The summed E-state index contributed by atoms with van der Waals surface area (Å²) >= 11 is 0. The summed E-state index contributed by atoms with van der Waals surface area (Å²) < 4.78 is 32.1. The molecule has 4 rings (SSSR count). The SMILES string of the molecule is CC(C)CC(COC(C)C)C(C)C.CC(C)NC(CCC(=O)NC(CCC(=O)NC(CCC(=O)C(C)C)C(=O)C(C)C)C(=O)C(C)C)C(=O)C(C)C.CC(C)NCCCC(NC(C)C)C(=O)C(C)C.CC(C)OC[C@@H](C)C1CCC2C3C(OC(C)C)CC4CC(OC(C)C)CCC4(C)C3CC(OC(C)C)C21C. The largest absolute Gasteiger partial charge is 0.379 e. The van der Waals surface area contributed by atoms with Crippen LogP contribution in [0, 0.1) is 93.7 Å². The first-order chi connectivity index (χ1) is 49.5. The zero-order valence-corrected chi connectivity index (χ0v) is 75.1. The number of ether oxygens (including phenoxy) is 5. The smallest absolute Gasteiger partial charge is 0.220 e. The Morgan fingerprint density at radius 3 is 1.31 bits per heavy atom. The molecule has 15 unspecified atom stereocenters. The van der Waals surface area contributed by atoms with Crippen molar-refractivity contribution >= 4 is 40.7 Å². The average Bonchev–Trinajstić information content (AvgIpc) is 1.68. The van der Waals surface area contributed by atoms with Gasteiger partial charge in [-0.25, -0.2) is 0 Å². The average molecular weight is 1520 g/mol. The third-order valence-corrected chi connectivity index (χ3v) is 23.1. The molecule has 0 saturated heterocycles. The van der Waals surface area contributed by atoms with E-state index in [4.69, 9.17) is 23.7 Å². The molecular weight excluding hydrogens is 1340 g/mol. The normalized spacial score (nSPS) is 24.7. The fourth-order valence-corrected chi connectivity index (χ4v) is 17.5. The Morgan fingerprint density at radius 1 is 0.439 bits per heavy atom. The van der Waals surface area contributed by atoms with E-state index in [1.165, 1.54) is 51.4 Å². The third-order valence-electron chi connectivity index (χ3n) is 23.1. The lowest BCUT2D eigenvalue weighted by molar-refractivity contribution is -0.238. The molecule has 4 saturated carbocycles. The molecule has 17 nitrogen and oxygen atoms in total. The predicted octanol–water partition coefficient (Wildman–Crippen LogP) is 18.0. The van der Waals surface area contributed by atoms with Crippen LogP contribution in [0.25, 0.3) is 0 Å². The molecule has 0 aromatic heterocycles. The Bertz CT molecular complexity index is 2540. The molecule has 107 heavy (non-hydrogen) atoms. The lowest BCUT2D eigenvalue weighted by Crippen LogP contribution is -2.63. The van der Waals surface area contributed by atoms with Crippen LogP contribution in [0.4, 0.5) is 0 Å². The van der Waals surface area contributed by atoms with Gasteiger partial charge < -0.3 is 50.3 Å². The van der Waals surface area contributed by atoms with Crippen LogP contribution in [0.15, 0.2) is 0 Å². The van der Waals surface area contributed by atoms with E-state index in [-0.39, 0.29) is 127 Å². The quantitative estimate of drug-likeness (QED) is 0.0358. The Labute approximate surface area is 657 Å². The Morgan fingerprint density at radius 2 is 0.888 bits per heavy atom. The standard InChI is InChI=1S/C34H62O4.C30H53N3O6.C14H30N2O.C12H26O/c1-20(2)35-19-24(9)27-12-13-28-32-29(18-31(34(27,28)11)38-23(7)8)33(10)15-14-26(36-21(3)4)16-25(33)17-30(32)37-22(5)6;1-17(2)25(34)14-11-23(29(38)19(5)6)32-27(36)16-13-24(30(39)20(7)8)33-26(35)15-12-22(31-21(9)10)28(37)18(3)4;1-10(2)14(17)13(16-12(5)6)8-7-9-15-11(3)4;1-9(2)7-12(10(3)4)8-13-11(5)6/h20-32H,12-19H2,1-11H3;17-24,31H,11-16H2,1-10H3,(H,32,36)(H,33,35);10-13,15-16H,7-9H2,1-6H3;9-12H,7-8H2,1-6H3/t24-,25?,26?,27?,28?,29?,30?,31?,32?,33?,34?;;;/m1.../s1. The Balaban J connectivity index is 0.000000780. The van der Waals surface area contributed by atoms with E-state index in [1.54, 1.807) is 41.5 Å². The van der Waals surface area contributed by atoms with Crippen molar-refractivity contribution in [2.75, 3.05) is 19.8 Å². The number of carbonyl (C=O) groups is 7. The van der Waals surface area contributed by atoms with Crippen molar-refractivity contribution in [1.82, 2.24) is 26.6 Å². The minimum absolute atomic E-state index is 0.0176. The van der Waals surface area contributed by atoms with Crippen molar-refractivity contribution in [3.05, 3.63) is 0 Å². The highest BCUT2D eigenvalue weighted by molar-refractivity contribution is 5.93. The highest BCUT2D eigenvalue weighted by Gasteiger charge is 2.67. The molecule has 17 heteroatoms. The topological polar surface area (TPSA) is 226 Å². The van der Waals surface area contributed by atoms with E-state index in [9.17, 15) is 33.6 Å². The molecule has 0 bridgehead atoms. The molecule has 0 radical (unpaired) electrons. The summed E-state index contributed by atoms with van der Waals surface area (Å²) in [5.74, 6) is 4.44. The highest BCUT2D eigenvalue weighted by atomic mass is 16.5. The second kappa shape index (κ2) is 50.2. The van der Waals surface area contributed by atoms with E-state index in [0.717, 1.165) is 50.4 Å². The molecule has 4 aliphatic rings. The molecule has 0 aromatic rings. The number of fused-ring (bicyclic) bond motifs is 5. The summed E-state index contributed by atoms with van der Waals surface area (Å²) in [5, 5.41) is 15.5. The van der Waals surface area contributed by atoms with Gasteiger partial charge in [-0.15, -0.1) is 0 Å². The van der Waals surface area contributed by atoms with Crippen LogP contribution in [0.5, 0.6) is 0 Å². The van der Waals surface area contributed by atoms with E-state index < -0.39 is 24.0 Å². The van der Waals surface area contributed by atoms with Crippen molar-refractivity contribution < 1.29 is 57.2 Å². The molecule has 628 valence electrons. The van der Waals surface area contributed by atoms with Gasteiger partial charge in [0.05, 0.1) is 73.0 Å². The number of Topliss-reactive ketones (excluding diaryl/α,β-unsaturated/α-hetero) is 5. The van der Waals surface area contributed by atoms with Crippen LogP contribution in [0.1, 0.15) is 331 Å². The zero-order valence-electron chi connectivity index (χ0n) is 75.1. The van der Waals surface area contributed by atoms with Gasteiger partial charge in [0.15, 0.2) is 23.1 Å². The highest BCUT2D eigenvalue weighted by Crippen LogP contribution is 2.69. The molecule has 4 fully saturated rings. The molecule has 0 spiro atoms. The molecule has 0 heterocycles. The fourth-order valence-electron chi connectivity index (χ4n) is 17.5. The summed E-state index contributed by atoms with van der Waals surface area (Å²) in [6.45, 7) is 71.9. The van der Waals surface area contributed by atoms with Gasteiger partial charge in [-0.05, 0) is 218 Å². The van der Waals surface area contributed by atoms with Crippen LogP contribution in [0.3, 0.4) is 0 Å². The second-order valence-corrected chi connectivity index (χ2v) is 38.1. The van der Waals surface area contributed by atoms with Gasteiger partial charge >= 0.3 is 0 Å². The van der Waals surface area contributed by atoms with Crippen LogP contribution in [0.2, 0.25) is 0 Å². The van der Waals surface area contributed by atoms with Gasteiger partial charge in [-0.2, -0.15) is 0 Å². The minimum Gasteiger partial charge on any atom is -0.379 e. The van der Waals surface area contributed by atoms with E-state index in [1.807, 2.05) is 41.5 Å². The molecule has 0 aromatic carbocycles. The maximum atomic E-state index is 12.8. The summed E-state index contributed by atoms with van der Waals surface area (Å²) in [5.41, 5.74) is 0.521. The lowest BCUT2D eigenvalue weighted by Gasteiger charge is -2.65. The van der Waals surface area contributed by atoms with Crippen molar-refractivity contribution in [1.29, 1.82) is 0 Å². The van der Waals surface area contributed by atoms with Gasteiger partial charge in [-0.1, -0.05) is 159 Å². The second-order valence-electron chi connectivity index (χ2n) is 38.1. The third kappa shape index (κ3) is 36.3. The monoisotopic (exact) mass is 1510 g/mol. The molecular formula is C90H171N5O12. The van der Waals surface area contributed by atoms with Gasteiger partial charge in [-0.3, -0.25) is 33.6 Å². The summed E-state index contributed by atoms with van der Waals surface area (Å²) in [7, 11) is 0. The number of ketones is 5. The van der Waals surface area contributed by atoms with Crippen LogP contribution in [-0.4, -0.2) is 152 Å². The summed E-state index contributed by atoms with van der Waals surface area (Å²) in [6.07, 6.45) is 15.3. The van der Waals surface area contributed by atoms with E-state index in [2.05, 4.69) is 172 Å². The maximum Gasteiger partial charge on any atom is 0.220 e. The summed E-state index contributed by atoms with van der Waals surface area (Å²) in [6, 6.07) is -1.12. The number of amides is 2. The zero-order chi connectivity index (χ0) is 82.3. The number of hydrogen-bond donors (Lipinski definition) is 5. The van der Waals surface area contributed by atoms with Gasteiger partial charge in [0, 0.05) is 85.6 Å².